The van der Waals surface area contributed by atoms with E-state index >= 15 is 0 Å². The summed E-state index contributed by atoms with van der Waals surface area (Å²) in [5.74, 6) is 1.79. The van der Waals surface area contributed by atoms with Crippen LogP contribution in [0.15, 0.2) is 12.2 Å². The van der Waals surface area contributed by atoms with Gasteiger partial charge in [-0.25, -0.2) is 0 Å². The maximum Gasteiger partial charge on any atom is -0.0174 e. The van der Waals surface area contributed by atoms with E-state index in [4.69, 9.17) is 0 Å². The molecule has 2 atom stereocenters. The van der Waals surface area contributed by atoms with E-state index in [1.807, 2.05) is 0 Å². The summed E-state index contributed by atoms with van der Waals surface area (Å²) in [6.07, 6.45) is 13.6. The Morgan fingerprint density at radius 1 is 1.23 bits per heavy atom. The van der Waals surface area contributed by atoms with Gasteiger partial charge in [0.25, 0.3) is 0 Å². The van der Waals surface area contributed by atoms with Crippen LogP contribution in [0.2, 0.25) is 0 Å². The average Bonchev–Trinajstić information content (AvgIpc) is 2.17. The fourth-order valence-electron chi connectivity index (χ4n) is 3.51. The van der Waals surface area contributed by atoms with E-state index in [1.54, 1.807) is 0 Å². The maximum absolute atomic E-state index is 2.52. The molecule has 13 heavy (non-hydrogen) atoms. The van der Waals surface area contributed by atoms with Crippen molar-refractivity contribution in [1.82, 2.24) is 0 Å². The highest BCUT2D eigenvalue weighted by Crippen LogP contribution is 2.52. The Bertz CT molecular complexity index is 202. The van der Waals surface area contributed by atoms with Gasteiger partial charge in [0.05, 0.1) is 0 Å². The third-order valence-electron chi connectivity index (χ3n) is 4.44. The molecule has 1 fully saturated rings. The minimum absolute atomic E-state index is 0.688. The molecule has 74 valence electrons. The standard InChI is InChI=1S/C13H22/c1-11(2)13-9-5-3-7-12(13)8-4-6-10-13/h3,7,11-12H,4-6,8-10H2,1-2H3. The van der Waals surface area contributed by atoms with Crippen LogP contribution < -0.4 is 0 Å². The Kier molecular flexibility index (Phi) is 2.49. The van der Waals surface area contributed by atoms with Gasteiger partial charge in [-0.3, -0.25) is 0 Å². The van der Waals surface area contributed by atoms with Crippen molar-refractivity contribution in [1.29, 1.82) is 0 Å². The molecular formula is C13H22. The van der Waals surface area contributed by atoms with E-state index in [1.165, 1.54) is 38.5 Å². The first-order chi connectivity index (χ1) is 6.26. The molecule has 0 nitrogen and oxygen atoms in total. The molecule has 0 aromatic heterocycles. The number of fused-ring (bicyclic) bond motifs is 1. The third-order valence-corrected chi connectivity index (χ3v) is 4.44. The summed E-state index contributed by atoms with van der Waals surface area (Å²) >= 11 is 0. The summed E-state index contributed by atoms with van der Waals surface area (Å²) in [5.41, 5.74) is 0.688. The van der Waals surface area contributed by atoms with Crippen molar-refractivity contribution in [2.45, 2.75) is 52.4 Å². The summed E-state index contributed by atoms with van der Waals surface area (Å²) in [6.45, 7) is 4.86. The lowest BCUT2D eigenvalue weighted by molar-refractivity contribution is 0.0517. The summed E-state index contributed by atoms with van der Waals surface area (Å²) in [5, 5.41) is 0. The molecule has 0 N–H and O–H groups in total. The molecule has 2 aliphatic carbocycles. The van der Waals surface area contributed by atoms with E-state index in [0.717, 1.165) is 11.8 Å². The second-order valence-corrected chi connectivity index (χ2v) is 5.21. The Labute approximate surface area is 82.4 Å². The molecule has 2 aliphatic rings. The molecule has 0 bridgehead atoms. The third kappa shape index (κ3) is 1.45. The summed E-state index contributed by atoms with van der Waals surface area (Å²) in [6, 6.07) is 0. The van der Waals surface area contributed by atoms with Crippen molar-refractivity contribution >= 4 is 0 Å². The lowest BCUT2D eigenvalue weighted by Gasteiger charge is -2.48. The fourth-order valence-corrected chi connectivity index (χ4v) is 3.51. The zero-order valence-electron chi connectivity index (χ0n) is 9.05. The summed E-state index contributed by atoms with van der Waals surface area (Å²) < 4.78 is 0. The second-order valence-electron chi connectivity index (χ2n) is 5.21. The SMILES string of the molecule is CC(C)C12CCC=CC1CCCC2. The molecule has 1 saturated carbocycles. The zero-order valence-corrected chi connectivity index (χ0v) is 9.05. The zero-order chi connectivity index (χ0) is 9.31. The van der Waals surface area contributed by atoms with Gasteiger partial charge in [0.1, 0.15) is 0 Å². The maximum atomic E-state index is 2.52. The largest absolute Gasteiger partial charge is 0.0882 e. The highest BCUT2D eigenvalue weighted by atomic mass is 14.5. The van der Waals surface area contributed by atoms with Crippen LogP contribution in [-0.2, 0) is 0 Å². The van der Waals surface area contributed by atoms with Crippen LogP contribution in [-0.4, -0.2) is 0 Å². The van der Waals surface area contributed by atoms with Crippen molar-refractivity contribution in [2.24, 2.45) is 17.3 Å². The number of hydrogen-bond donors (Lipinski definition) is 0. The molecule has 0 spiro atoms. The lowest BCUT2D eigenvalue weighted by atomic mass is 9.57. The molecule has 0 aromatic carbocycles. The predicted molar refractivity (Wildman–Crippen MR) is 57.6 cm³/mol. The van der Waals surface area contributed by atoms with Crippen LogP contribution in [0.25, 0.3) is 0 Å². The number of rotatable bonds is 1. The minimum atomic E-state index is 0.688. The number of allylic oxidation sites excluding steroid dienone is 2. The van der Waals surface area contributed by atoms with Crippen LogP contribution in [0.3, 0.4) is 0 Å². The number of hydrogen-bond acceptors (Lipinski definition) is 0. The van der Waals surface area contributed by atoms with Crippen LogP contribution in [0.4, 0.5) is 0 Å². The lowest BCUT2D eigenvalue weighted by Crippen LogP contribution is -2.38. The smallest absolute Gasteiger partial charge is 0.0174 e. The average molecular weight is 178 g/mol. The van der Waals surface area contributed by atoms with Gasteiger partial charge in [-0.15, -0.1) is 0 Å². The van der Waals surface area contributed by atoms with Crippen LogP contribution >= 0.6 is 0 Å². The van der Waals surface area contributed by atoms with Gasteiger partial charge in [-0.05, 0) is 42.9 Å². The molecule has 0 radical (unpaired) electrons. The van der Waals surface area contributed by atoms with E-state index < -0.39 is 0 Å². The molecular weight excluding hydrogens is 156 g/mol. The van der Waals surface area contributed by atoms with Gasteiger partial charge >= 0.3 is 0 Å². The predicted octanol–water partition coefficient (Wildman–Crippen LogP) is 4.17. The molecule has 0 amide bonds. The summed E-state index contributed by atoms with van der Waals surface area (Å²) in [7, 11) is 0. The molecule has 0 heterocycles. The van der Waals surface area contributed by atoms with E-state index in [-0.39, 0.29) is 0 Å². The summed E-state index contributed by atoms with van der Waals surface area (Å²) in [4.78, 5) is 0. The Morgan fingerprint density at radius 2 is 2.08 bits per heavy atom. The van der Waals surface area contributed by atoms with Crippen LogP contribution in [0, 0.1) is 17.3 Å². The van der Waals surface area contributed by atoms with Crippen molar-refractivity contribution in [3.63, 3.8) is 0 Å². The Balaban J connectivity index is 2.23. The highest BCUT2D eigenvalue weighted by Gasteiger charge is 2.42. The Hall–Kier alpha value is -0.260. The monoisotopic (exact) mass is 178 g/mol. The quantitative estimate of drug-likeness (QED) is 0.529. The molecule has 0 aromatic rings. The normalized spacial score (nSPS) is 39.2. The molecule has 0 aliphatic heterocycles. The minimum Gasteiger partial charge on any atom is -0.0882 e. The van der Waals surface area contributed by atoms with Crippen molar-refractivity contribution in [3.8, 4) is 0 Å². The second kappa shape index (κ2) is 3.48. The topological polar surface area (TPSA) is 0 Å². The van der Waals surface area contributed by atoms with Gasteiger partial charge in [0, 0.05) is 0 Å². The Morgan fingerprint density at radius 3 is 2.77 bits per heavy atom. The van der Waals surface area contributed by atoms with Gasteiger partial charge in [0.2, 0.25) is 0 Å². The van der Waals surface area contributed by atoms with E-state index in [0.29, 0.717) is 5.41 Å². The van der Waals surface area contributed by atoms with Gasteiger partial charge < -0.3 is 0 Å². The molecule has 2 unspecified atom stereocenters. The van der Waals surface area contributed by atoms with Crippen molar-refractivity contribution < 1.29 is 0 Å². The van der Waals surface area contributed by atoms with Gasteiger partial charge in [-0.2, -0.15) is 0 Å². The van der Waals surface area contributed by atoms with E-state index in [9.17, 15) is 0 Å². The van der Waals surface area contributed by atoms with E-state index in [2.05, 4.69) is 26.0 Å². The molecule has 0 heteroatoms. The first-order valence-electron chi connectivity index (χ1n) is 5.92. The molecule has 2 rings (SSSR count). The van der Waals surface area contributed by atoms with Crippen LogP contribution in [0.1, 0.15) is 52.4 Å². The fraction of sp³-hybridized carbons (Fsp3) is 0.846. The van der Waals surface area contributed by atoms with Crippen LogP contribution in [0.5, 0.6) is 0 Å². The van der Waals surface area contributed by atoms with Crippen molar-refractivity contribution in [3.05, 3.63) is 12.2 Å². The first kappa shape index (κ1) is 9.30. The van der Waals surface area contributed by atoms with Crippen molar-refractivity contribution in [2.75, 3.05) is 0 Å². The van der Waals surface area contributed by atoms with Gasteiger partial charge in [-0.1, -0.05) is 38.8 Å². The van der Waals surface area contributed by atoms with Gasteiger partial charge in [0.15, 0.2) is 0 Å². The molecule has 0 saturated heterocycles. The first-order valence-corrected chi connectivity index (χ1v) is 5.92. The highest BCUT2D eigenvalue weighted by molar-refractivity contribution is 5.06.